The van der Waals surface area contributed by atoms with E-state index >= 15 is 0 Å². The molecule has 0 radical (unpaired) electrons. The van der Waals surface area contributed by atoms with Gasteiger partial charge in [-0.25, -0.2) is 4.79 Å². The highest BCUT2D eigenvalue weighted by atomic mass is 16.5. The molecule has 2 rings (SSSR count). The van der Waals surface area contributed by atoms with Crippen LogP contribution in [0.15, 0.2) is 36.4 Å². The van der Waals surface area contributed by atoms with Crippen molar-refractivity contribution in [1.29, 1.82) is 0 Å². The largest absolute Gasteiger partial charge is 0.504 e. The molecule has 4 N–H and O–H groups in total. The number of nitrogen functional groups attached to an aromatic ring is 1. The maximum absolute atomic E-state index is 10.5. The van der Waals surface area contributed by atoms with E-state index in [1.165, 1.54) is 31.4 Å². The third kappa shape index (κ3) is 4.24. The summed E-state index contributed by atoms with van der Waals surface area (Å²) in [7, 11) is 1.43. The highest BCUT2D eigenvalue weighted by molar-refractivity contribution is 5.94. The number of hydrogen-bond acceptors (Lipinski definition) is 5. The van der Waals surface area contributed by atoms with Gasteiger partial charge in [-0.3, -0.25) is 4.79 Å². The minimum Gasteiger partial charge on any atom is -0.504 e. The van der Waals surface area contributed by atoms with Crippen molar-refractivity contribution in [3.05, 3.63) is 53.1 Å². The molecular formula is C16H17NO5. The van der Waals surface area contributed by atoms with Crippen LogP contribution in [0.3, 0.4) is 0 Å². The maximum atomic E-state index is 10.5. The van der Waals surface area contributed by atoms with Crippen LogP contribution in [0.1, 0.15) is 26.3 Å². The lowest BCUT2D eigenvalue weighted by Gasteiger charge is -2.02. The molecule has 0 saturated heterocycles. The number of carboxylic acids is 1. The molecule has 0 heterocycles. The number of rotatable bonds is 3. The topological polar surface area (TPSA) is 110 Å². The minimum atomic E-state index is -0.980. The Balaban J connectivity index is 0.000000220. The van der Waals surface area contributed by atoms with E-state index in [1.807, 2.05) is 0 Å². The first-order chi connectivity index (χ1) is 10.4. The molecule has 0 aliphatic heterocycles. The second-order valence-corrected chi connectivity index (χ2v) is 4.39. The zero-order valence-corrected chi connectivity index (χ0v) is 12.2. The molecule has 0 aromatic heterocycles. The first-order valence-corrected chi connectivity index (χ1v) is 6.31. The average Bonchev–Trinajstić information content (AvgIpc) is 2.51. The van der Waals surface area contributed by atoms with Crippen molar-refractivity contribution in [3.63, 3.8) is 0 Å². The van der Waals surface area contributed by atoms with Gasteiger partial charge in [-0.05, 0) is 36.8 Å². The lowest BCUT2D eigenvalue weighted by Crippen LogP contribution is -2.03. The van der Waals surface area contributed by atoms with Gasteiger partial charge in [-0.1, -0.05) is 12.1 Å². The Morgan fingerprint density at radius 3 is 2.45 bits per heavy atom. The van der Waals surface area contributed by atoms with Crippen LogP contribution in [-0.2, 0) is 0 Å². The summed E-state index contributed by atoms with van der Waals surface area (Å²) in [5.74, 6) is -0.626. The van der Waals surface area contributed by atoms with E-state index < -0.39 is 5.97 Å². The van der Waals surface area contributed by atoms with Crippen LogP contribution in [0.25, 0.3) is 0 Å². The van der Waals surface area contributed by atoms with Gasteiger partial charge >= 0.3 is 5.97 Å². The van der Waals surface area contributed by atoms with Crippen LogP contribution in [-0.4, -0.2) is 29.6 Å². The molecule has 116 valence electrons. The number of aldehydes is 1. The zero-order chi connectivity index (χ0) is 16.7. The Kier molecular flexibility index (Phi) is 5.95. The molecule has 0 fully saturated rings. The second kappa shape index (κ2) is 7.68. The average molecular weight is 303 g/mol. The summed E-state index contributed by atoms with van der Waals surface area (Å²) in [6.07, 6.45) is 0.696. The number of carboxylic acid groups (broad SMARTS) is 1. The molecular weight excluding hydrogens is 286 g/mol. The number of para-hydroxylation sites is 1. The van der Waals surface area contributed by atoms with Crippen LogP contribution in [0, 0.1) is 6.92 Å². The number of methoxy groups -OCH3 is 1. The number of phenols is 1. The summed E-state index contributed by atoms with van der Waals surface area (Å²) < 4.78 is 4.78. The number of aromatic hydroxyl groups is 1. The van der Waals surface area contributed by atoms with Gasteiger partial charge in [0.15, 0.2) is 11.5 Å². The fourth-order valence-corrected chi connectivity index (χ4v) is 1.63. The molecule has 0 atom stereocenters. The summed E-state index contributed by atoms with van der Waals surface area (Å²) in [5, 5.41) is 17.7. The number of anilines is 1. The maximum Gasteiger partial charge on any atom is 0.337 e. The quantitative estimate of drug-likeness (QED) is 0.593. The zero-order valence-electron chi connectivity index (χ0n) is 12.2. The fraction of sp³-hybridized carbons (Fsp3) is 0.125. The Morgan fingerprint density at radius 2 is 1.95 bits per heavy atom. The smallest absolute Gasteiger partial charge is 0.337 e. The normalized spacial score (nSPS) is 9.36. The van der Waals surface area contributed by atoms with E-state index in [0.717, 1.165) is 5.56 Å². The van der Waals surface area contributed by atoms with E-state index in [9.17, 15) is 9.59 Å². The molecule has 2 aromatic rings. The lowest BCUT2D eigenvalue weighted by molar-refractivity contribution is 0.0698. The van der Waals surface area contributed by atoms with Crippen molar-refractivity contribution in [2.75, 3.05) is 12.8 Å². The van der Waals surface area contributed by atoms with Crippen LogP contribution in [0.5, 0.6) is 11.5 Å². The minimum absolute atomic E-state index is 0.0399. The number of carbonyl (C=O) groups is 2. The summed E-state index contributed by atoms with van der Waals surface area (Å²) in [5.41, 5.74) is 7.30. The summed E-state index contributed by atoms with van der Waals surface area (Å²) in [6.45, 7) is 1.78. The highest BCUT2D eigenvalue weighted by Gasteiger charge is 2.07. The van der Waals surface area contributed by atoms with Crippen molar-refractivity contribution < 1.29 is 24.5 Å². The first kappa shape index (κ1) is 17.0. The Hall–Kier alpha value is -3.02. The molecule has 0 unspecified atom stereocenters. The fourth-order valence-electron chi connectivity index (χ4n) is 1.63. The molecule has 0 aliphatic rings. The standard InChI is InChI=1S/C8H9NO2.C8H8O3/c1-5-3-2-4-6(7(5)9)8(10)11;1-11-8-4-6(5-9)2-3-7(8)10/h2-4H,9H2,1H3,(H,10,11);2-5,10H,1H3. The lowest BCUT2D eigenvalue weighted by atomic mass is 10.1. The summed E-state index contributed by atoms with van der Waals surface area (Å²) in [4.78, 5) is 20.7. The van der Waals surface area contributed by atoms with Gasteiger partial charge in [-0.15, -0.1) is 0 Å². The van der Waals surface area contributed by atoms with E-state index in [2.05, 4.69) is 0 Å². The molecule has 6 heteroatoms. The number of hydrogen-bond donors (Lipinski definition) is 3. The number of ether oxygens (including phenoxy) is 1. The van der Waals surface area contributed by atoms with Crippen molar-refractivity contribution in [2.24, 2.45) is 0 Å². The third-order valence-electron chi connectivity index (χ3n) is 2.89. The van der Waals surface area contributed by atoms with Crippen molar-refractivity contribution in [3.8, 4) is 11.5 Å². The Bertz CT molecular complexity index is 682. The van der Waals surface area contributed by atoms with E-state index in [1.54, 1.807) is 19.1 Å². The number of aryl methyl sites for hydroxylation is 1. The molecule has 0 aliphatic carbocycles. The van der Waals surface area contributed by atoms with Gasteiger partial charge in [0.25, 0.3) is 0 Å². The molecule has 0 saturated carbocycles. The molecule has 0 amide bonds. The number of nitrogens with two attached hydrogens (primary N) is 1. The van der Waals surface area contributed by atoms with Crippen molar-refractivity contribution in [2.45, 2.75) is 6.92 Å². The summed E-state index contributed by atoms with van der Waals surface area (Å²) in [6, 6.07) is 9.36. The van der Waals surface area contributed by atoms with Crippen LogP contribution in [0.4, 0.5) is 5.69 Å². The first-order valence-electron chi connectivity index (χ1n) is 6.31. The predicted octanol–water partition coefficient (Wildman–Crippen LogP) is 2.49. The van der Waals surface area contributed by atoms with Gasteiger partial charge in [-0.2, -0.15) is 0 Å². The van der Waals surface area contributed by atoms with Gasteiger partial charge in [0.1, 0.15) is 6.29 Å². The molecule has 6 nitrogen and oxygen atoms in total. The van der Waals surface area contributed by atoms with Gasteiger partial charge < -0.3 is 20.7 Å². The summed E-state index contributed by atoms with van der Waals surface area (Å²) >= 11 is 0. The predicted molar refractivity (Wildman–Crippen MR) is 82.6 cm³/mol. The Labute approximate surface area is 127 Å². The van der Waals surface area contributed by atoms with Gasteiger partial charge in [0, 0.05) is 11.3 Å². The second-order valence-electron chi connectivity index (χ2n) is 4.39. The van der Waals surface area contributed by atoms with Crippen LogP contribution in [0.2, 0.25) is 0 Å². The molecule has 0 spiro atoms. The Morgan fingerprint density at radius 1 is 1.27 bits per heavy atom. The molecule has 2 aromatic carbocycles. The number of benzene rings is 2. The van der Waals surface area contributed by atoms with Crippen LogP contribution < -0.4 is 10.5 Å². The van der Waals surface area contributed by atoms with E-state index in [0.29, 0.717) is 23.3 Å². The van der Waals surface area contributed by atoms with Crippen LogP contribution >= 0.6 is 0 Å². The van der Waals surface area contributed by atoms with Crippen molar-refractivity contribution >= 4 is 17.9 Å². The highest BCUT2D eigenvalue weighted by Crippen LogP contribution is 2.25. The van der Waals surface area contributed by atoms with E-state index in [-0.39, 0.29) is 11.3 Å². The number of phenolic OH excluding ortho intramolecular Hbond substituents is 1. The van der Waals surface area contributed by atoms with Crippen molar-refractivity contribution in [1.82, 2.24) is 0 Å². The van der Waals surface area contributed by atoms with Gasteiger partial charge in [0.05, 0.1) is 12.7 Å². The third-order valence-corrected chi connectivity index (χ3v) is 2.89. The van der Waals surface area contributed by atoms with Gasteiger partial charge in [0.2, 0.25) is 0 Å². The number of aromatic carboxylic acids is 1. The molecule has 0 bridgehead atoms. The SMILES string of the molecule is COc1cc(C=O)ccc1O.Cc1cccc(C(=O)O)c1N. The molecule has 22 heavy (non-hydrogen) atoms. The number of carbonyl (C=O) groups excluding carboxylic acids is 1. The van der Waals surface area contributed by atoms with E-state index in [4.69, 9.17) is 20.7 Å². The monoisotopic (exact) mass is 303 g/mol.